The van der Waals surface area contributed by atoms with Gasteiger partial charge in [-0.1, -0.05) is 57.6 Å². The molecule has 0 aromatic rings. The van der Waals surface area contributed by atoms with Crippen LogP contribution in [0, 0.1) is 0 Å². The molecule has 0 N–H and O–H groups in total. The van der Waals surface area contributed by atoms with Crippen molar-refractivity contribution in [3.05, 3.63) is 11.6 Å². The first-order valence-corrected chi connectivity index (χ1v) is 6.46. The van der Waals surface area contributed by atoms with E-state index in [0.29, 0.717) is 0 Å². The Morgan fingerprint density at radius 2 is 1.50 bits per heavy atom. The van der Waals surface area contributed by atoms with Crippen LogP contribution in [-0.2, 0) is 0 Å². The van der Waals surface area contributed by atoms with E-state index in [1.54, 1.807) is 5.57 Å². The molecule has 0 fully saturated rings. The zero-order valence-electron chi connectivity index (χ0n) is 10.4. The van der Waals surface area contributed by atoms with Crippen LogP contribution in [0.2, 0.25) is 0 Å². The Morgan fingerprint density at radius 1 is 0.857 bits per heavy atom. The molecule has 0 saturated carbocycles. The summed E-state index contributed by atoms with van der Waals surface area (Å²) in [4.78, 5) is 0. The number of hydrogen-bond donors (Lipinski definition) is 0. The molecule has 0 heteroatoms. The Bertz CT molecular complexity index is 133. The minimum atomic E-state index is 1.30. The molecule has 0 aliphatic carbocycles. The molecule has 0 amide bonds. The molecule has 14 heavy (non-hydrogen) atoms. The van der Waals surface area contributed by atoms with Crippen LogP contribution >= 0.6 is 0 Å². The average Bonchev–Trinajstić information content (AvgIpc) is 2.19. The lowest BCUT2D eigenvalue weighted by Gasteiger charge is -2.01. The van der Waals surface area contributed by atoms with Crippen molar-refractivity contribution in [2.24, 2.45) is 0 Å². The van der Waals surface area contributed by atoms with Gasteiger partial charge in [0.2, 0.25) is 0 Å². The van der Waals surface area contributed by atoms with Gasteiger partial charge >= 0.3 is 0 Å². The summed E-state index contributed by atoms with van der Waals surface area (Å²) in [7, 11) is 0. The number of hydrogen-bond acceptors (Lipinski definition) is 0. The summed E-state index contributed by atoms with van der Waals surface area (Å²) in [6.45, 7) is 6.83. The number of rotatable bonds is 9. The highest BCUT2D eigenvalue weighted by atomic mass is 14.0. The Labute approximate surface area is 90.8 Å². The van der Waals surface area contributed by atoms with Gasteiger partial charge in [0.15, 0.2) is 0 Å². The third kappa shape index (κ3) is 9.83. The monoisotopic (exact) mass is 196 g/mol. The summed E-state index contributed by atoms with van der Waals surface area (Å²) >= 11 is 0. The van der Waals surface area contributed by atoms with Gasteiger partial charge in [-0.15, -0.1) is 0 Å². The van der Waals surface area contributed by atoms with Crippen LogP contribution in [0.4, 0.5) is 0 Å². The molecule has 0 atom stereocenters. The van der Waals surface area contributed by atoms with Crippen LogP contribution in [0.25, 0.3) is 0 Å². The fourth-order valence-electron chi connectivity index (χ4n) is 1.68. The number of unbranched alkanes of at least 4 members (excludes halogenated alkanes) is 6. The molecule has 0 saturated heterocycles. The minimum Gasteiger partial charge on any atom is -0.0856 e. The molecule has 0 aromatic heterocycles. The van der Waals surface area contributed by atoms with E-state index in [1.807, 2.05) is 0 Å². The van der Waals surface area contributed by atoms with Crippen molar-refractivity contribution in [3.8, 4) is 0 Å². The lowest BCUT2D eigenvalue weighted by atomic mass is 10.1. The summed E-state index contributed by atoms with van der Waals surface area (Å²) in [5, 5.41) is 0. The third-order valence-electron chi connectivity index (χ3n) is 2.73. The molecule has 0 bridgehead atoms. The van der Waals surface area contributed by atoms with Crippen LogP contribution in [-0.4, -0.2) is 0 Å². The van der Waals surface area contributed by atoms with E-state index in [1.165, 1.54) is 57.8 Å². The summed E-state index contributed by atoms with van der Waals surface area (Å²) in [6, 6.07) is 0. The second-order valence-electron chi connectivity index (χ2n) is 4.36. The van der Waals surface area contributed by atoms with Gasteiger partial charge in [-0.05, 0) is 32.6 Å². The second kappa shape index (κ2) is 10.8. The van der Waals surface area contributed by atoms with Gasteiger partial charge in [0.25, 0.3) is 0 Å². The quantitative estimate of drug-likeness (QED) is 0.338. The van der Waals surface area contributed by atoms with Crippen molar-refractivity contribution < 1.29 is 0 Å². The van der Waals surface area contributed by atoms with Gasteiger partial charge in [0.05, 0.1) is 0 Å². The summed E-state index contributed by atoms with van der Waals surface area (Å²) in [5.74, 6) is 0. The van der Waals surface area contributed by atoms with E-state index < -0.39 is 0 Å². The molecule has 0 heterocycles. The standard InChI is InChI=1S/C14H28/c1-4-6-8-10-12-14(3)13-11-9-7-5-2/h12H,4-11,13H2,1-3H3/b14-12+. The van der Waals surface area contributed by atoms with Gasteiger partial charge in [0, 0.05) is 0 Å². The molecule has 0 radical (unpaired) electrons. The first-order valence-electron chi connectivity index (χ1n) is 6.46. The molecule has 84 valence electrons. The molecular formula is C14H28. The molecule has 0 aromatic carbocycles. The molecule has 0 rings (SSSR count). The molecule has 0 aliphatic rings. The lowest BCUT2D eigenvalue weighted by molar-refractivity contribution is 0.661. The molecule has 0 spiro atoms. The number of allylic oxidation sites excluding steroid dienone is 2. The Balaban J connectivity index is 3.28. The second-order valence-corrected chi connectivity index (χ2v) is 4.36. The smallest absolute Gasteiger partial charge is 0.0323 e. The molecule has 0 unspecified atom stereocenters. The highest BCUT2D eigenvalue weighted by Gasteiger charge is 1.91. The van der Waals surface area contributed by atoms with Crippen LogP contribution in [0.15, 0.2) is 11.6 Å². The van der Waals surface area contributed by atoms with Gasteiger partial charge in [0.1, 0.15) is 0 Å². The maximum Gasteiger partial charge on any atom is -0.0323 e. The maximum atomic E-state index is 2.45. The first kappa shape index (κ1) is 13.7. The zero-order valence-corrected chi connectivity index (χ0v) is 10.4. The minimum absolute atomic E-state index is 1.30. The van der Waals surface area contributed by atoms with Crippen molar-refractivity contribution >= 4 is 0 Å². The SMILES string of the molecule is CCCCC/C=C(\C)CCCCCC. The highest BCUT2D eigenvalue weighted by Crippen LogP contribution is 2.11. The first-order chi connectivity index (χ1) is 6.81. The normalized spacial score (nSPS) is 12.1. The Morgan fingerprint density at radius 3 is 2.14 bits per heavy atom. The van der Waals surface area contributed by atoms with Crippen LogP contribution in [0.3, 0.4) is 0 Å². The zero-order chi connectivity index (χ0) is 10.6. The van der Waals surface area contributed by atoms with Crippen molar-refractivity contribution in [1.29, 1.82) is 0 Å². The van der Waals surface area contributed by atoms with Crippen molar-refractivity contribution in [2.45, 2.75) is 78.6 Å². The molecule has 0 nitrogen and oxygen atoms in total. The maximum absolute atomic E-state index is 2.45. The Kier molecular flexibility index (Phi) is 10.6. The summed E-state index contributed by atoms with van der Waals surface area (Å²) < 4.78 is 0. The van der Waals surface area contributed by atoms with E-state index in [9.17, 15) is 0 Å². The molecular weight excluding hydrogens is 168 g/mol. The van der Waals surface area contributed by atoms with Crippen molar-refractivity contribution in [3.63, 3.8) is 0 Å². The van der Waals surface area contributed by atoms with Crippen LogP contribution < -0.4 is 0 Å². The van der Waals surface area contributed by atoms with Gasteiger partial charge in [-0.25, -0.2) is 0 Å². The van der Waals surface area contributed by atoms with Crippen LogP contribution in [0.5, 0.6) is 0 Å². The fraction of sp³-hybridized carbons (Fsp3) is 0.857. The summed E-state index contributed by atoms with van der Waals surface area (Å²) in [5.41, 5.74) is 1.61. The highest BCUT2D eigenvalue weighted by molar-refractivity contribution is 4.97. The van der Waals surface area contributed by atoms with E-state index >= 15 is 0 Å². The van der Waals surface area contributed by atoms with E-state index in [4.69, 9.17) is 0 Å². The predicted octanol–water partition coefficient (Wildman–Crippen LogP) is 5.48. The predicted molar refractivity (Wildman–Crippen MR) is 66.7 cm³/mol. The van der Waals surface area contributed by atoms with Gasteiger partial charge < -0.3 is 0 Å². The van der Waals surface area contributed by atoms with Gasteiger partial charge in [-0.2, -0.15) is 0 Å². The Hall–Kier alpha value is -0.260. The summed E-state index contributed by atoms with van der Waals surface area (Å²) in [6.07, 6.45) is 14.7. The molecule has 0 aliphatic heterocycles. The van der Waals surface area contributed by atoms with Crippen molar-refractivity contribution in [2.75, 3.05) is 0 Å². The van der Waals surface area contributed by atoms with E-state index in [2.05, 4.69) is 26.8 Å². The third-order valence-corrected chi connectivity index (χ3v) is 2.73. The van der Waals surface area contributed by atoms with E-state index in [0.717, 1.165) is 0 Å². The topological polar surface area (TPSA) is 0 Å². The average molecular weight is 196 g/mol. The van der Waals surface area contributed by atoms with E-state index in [-0.39, 0.29) is 0 Å². The largest absolute Gasteiger partial charge is 0.0856 e. The van der Waals surface area contributed by atoms with Gasteiger partial charge in [-0.3, -0.25) is 0 Å². The fourth-order valence-corrected chi connectivity index (χ4v) is 1.68. The lowest BCUT2D eigenvalue weighted by Crippen LogP contribution is -1.81. The van der Waals surface area contributed by atoms with Crippen LogP contribution in [0.1, 0.15) is 78.6 Å². The van der Waals surface area contributed by atoms with Crippen molar-refractivity contribution in [1.82, 2.24) is 0 Å².